The van der Waals surface area contributed by atoms with Gasteiger partial charge in [0.25, 0.3) is 0 Å². The van der Waals surface area contributed by atoms with Crippen molar-refractivity contribution in [2.45, 2.75) is 13.5 Å². The van der Waals surface area contributed by atoms with E-state index in [1.54, 1.807) is 6.07 Å². The van der Waals surface area contributed by atoms with Crippen molar-refractivity contribution in [1.29, 1.82) is 0 Å². The molecule has 0 aliphatic rings. The molecular weight excluding hydrogens is 246 g/mol. The molecule has 0 saturated heterocycles. The van der Waals surface area contributed by atoms with Crippen LogP contribution >= 0.6 is 0 Å². The minimum atomic E-state index is -0.424. The third-order valence-electron chi connectivity index (χ3n) is 2.74. The van der Waals surface area contributed by atoms with Crippen molar-refractivity contribution in [3.8, 4) is 0 Å². The molecule has 19 heavy (non-hydrogen) atoms. The summed E-state index contributed by atoms with van der Waals surface area (Å²) in [5, 5.41) is 3.53. The number of carbonyl (C=O) groups excluding carboxylic acids is 1. The van der Waals surface area contributed by atoms with Gasteiger partial charge in [-0.25, -0.2) is 4.79 Å². The number of amides is 1. The first kappa shape index (κ1) is 13.3. The number of fused-ring (bicyclic) bond motifs is 1. The second kappa shape index (κ2) is 5.67. The van der Waals surface area contributed by atoms with Crippen LogP contribution in [0.1, 0.15) is 11.1 Å². The second-order valence-corrected chi connectivity index (χ2v) is 4.30. The van der Waals surface area contributed by atoms with Gasteiger partial charge in [-0.1, -0.05) is 11.6 Å². The maximum Gasteiger partial charge on any atom is 0.336 e. The highest BCUT2D eigenvalue weighted by atomic mass is 16.5. The number of hydrogen-bond acceptors (Lipinski definition) is 4. The number of hydrogen-bond donors (Lipinski definition) is 1. The molecular formula is C14H15NO4. The highest BCUT2D eigenvalue weighted by Crippen LogP contribution is 2.18. The lowest BCUT2D eigenvalue weighted by molar-refractivity contribution is -0.124. The minimum absolute atomic E-state index is 0.00159. The molecule has 1 heterocycles. The highest BCUT2D eigenvalue weighted by Gasteiger charge is 2.07. The van der Waals surface area contributed by atoms with Crippen LogP contribution in [0.15, 0.2) is 33.5 Å². The summed E-state index contributed by atoms with van der Waals surface area (Å²) in [6, 6.07) is 6.95. The van der Waals surface area contributed by atoms with Crippen molar-refractivity contribution in [2.75, 3.05) is 13.7 Å². The minimum Gasteiger partial charge on any atom is -0.423 e. The molecule has 0 aliphatic heterocycles. The van der Waals surface area contributed by atoms with Crippen molar-refractivity contribution < 1.29 is 13.9 Å². The van der Waals surface area contributed by atoms with E-state index in [4.69, 9.17) is 9.15 Å². The zero-order valence-corrected chi connectivity index (χ0v) is 10.9. The number of benzene rings is 1. The van der Waals surface area contributed by atoms with Gasteiger partial charge in [-0.2, -0.15) is 0 Å². The van der Waals surface area contributed by atoms with Crippen molar-refractivity contribution in [3.05, 3.63) is 45.8 Å². The van der Waals surface area contributed by atoms with Gasteiger partial charge in [0.1, 0.15) is 12.2 Å². The fourth-order valence-corrected chi connectivity index (χ4v) is 1.86. The van der Waals surface area contributed by atoms with E-state index in [1.807, 2.05) is 19.1 Å². The molecule has 1 aromatic heterocycles. The van der Waals surface area contributed by atoms with Gasteiger partial charge in [0, 0.05) is 25.1 Å². The lowest BCUT2D eigenvalue weighted by atomic mass is 10.1. The van der Waals surface area contributed by atoms with E-state index in [0.29, 0.717) is 5.58 Å². The van der Waals surface area contributed by atoms with Crippen LogP contribution in [0.2, 0.25) is 0 Å². The average Bonchev–Trinajstić information content (AvgIpc) is 2.37. The molecule has 0 saturated carbocycles. The van der Waals surface area contributed by atoms with Crippen LogP contribution in [0.4, 0.5) is 0 Å². The summed E-state index contributed by atoms with van der Waals surface area (Å²) >= 11 is 0. The van der Waals surface area contributed by atoms with Crippen molar-refractivity contribution >= 4 is 16.9 Å². The molecule has 2 aromatic rings. The topological polar surface area (TPSA) is 68.5 Å². The Morgan fingerprint density at radius 3 is 2.89 bits per heavy atom. The Balaban J connectivity index is 2.33. The quantitative estimate of drug-likeness (QED) is 0.844. The average molecular weight is 261 g/mol. The van der Waals surface area contributed by atoms with Gasteiger partial charge in [-0.15, -0.1) is 0 Å². The van der Waals surface area contributed by atoms with Gasteiger partial charge >= 0.3 is 5.63 Å². The molecule has 100 valence electrons. The molecule has 0 radical (unpaired) electrons. The maximum absolute atomic E-state index is 11.5. The Bertz CT molecular complexity index is 660. The summed E-state index contributed by atoms with van der Waals surface area (Å²) in [7, 11) is 1.45. The lowest BCUT2D eigenvalue weighted by Gasteiger charge is -2.07. The molecule has 0 spiro atoms. The first-order valence-electron chi connectivity index (χ1n) is 5.89. The first-order chi connectivity index (χ1) is 9.10. The smallest absolute Gasteiger partial charge is 0.336 e. The van der Waals surface area contributed by atoms with Gasteiger partial charge in [-0.05, 0) is 24.6 Å². The van der Waals surface area contributed by atoms with E-state index in [-0.39, 0.29) is 19.1 Å². The summed E-state index contributed by atoms with van der Waals surface area (Å²) in [5.74, 6) is -0.225. The van der Waals surface area contributed by atoms with E-state index >= 15 is 0 Å². The van der Waals surface area contributed by atoms with Crippen molar-refractivity contribution in [1.82, 2.24) is 5.32 Å². The summed E-state index contributed by atoms with van der Waals surface area (Å²) in [5.41, 5.74) is 1.90. The molecule has 0 aliphatic carbocycles. The predicted octanol–water partition coefficient (Wildman–Crippen LogP) is 1.36. The first-order valence-corrected chi connectivity index (χ1v) is 5.89. The van der Waals surface area contributed by atoms with E-state index < -0.39 is 5.63 Å². The monoisotopic (exact) mass is 261 g/mol. The Kier molecular flexibility index (Phi) is 3.97. The zero-order chi connectivity index (χ0) is 13.8. The van der Waals surface area contributed by atoms with Crippen LogP contribution in [0.25, 0.3) is 11.0 Å². The van der Waals surface area contributed by atoms with Gasteiger partial charge in [0.2, 0.25) is 5.91 Å². The van der Waals surface area contributed by atoms with Gasteiger partial charge in [0.05, 0.1) is 0 Å². The Labute approximate surface area is 110 Å². The summed E-state index contributed by atoms with van der Waals surface area (Å²) < 4.78 is 9.85. The van der Waals surface area contributed by atoms with E-state index in [0.717, 1.165) is 16.5 Å². The summed E-state index contributed by atoms with van der Waals surface area (Å²) in [6.45, 7) is 2.23. The third kappa shape index (κ3) is 3.20. The highest BCUT2D eigenvalue weighted by molar-refractivity contribution is 5.82. The molecule has 1 amide bonds. The summed E-state index contributed by atoms with van der Waals surface area (Å²) in [6.07, 6.45) is 0. The molecule has 0 unspecified atom stereocenters. The number of ether oxygens (including phenoxy) is 1. The summed E-state index contributed by atoms with van der Waals surface area (Å²) in [4.78, 5) is 22.8. The Morgan fingerprint density at radius 2 is 2.16 bits per heavy atom. The number of aryl methyl sites for hydroxylation is 1. The van der Waals surface area contributed by atoms with E-state index in [9.17, 15) is 9.59 Å². The normalized spacial score (nSPS) is 10.6. The molecule has 2 rings (SSSR count). The van der Waals surface area contributed by atoms with Gasteiger partial charge < -0.3 is 14.5 Å². The van der Waals surface area contributed by atoms with Gasteiger partial charge in [-0.3, -0.25) is 4.79 Å². The number of methoxy groups -OCH3 is 1. The van der Waals surface area contributed by atoms with Crippen LogP contribution in [-0.2, 0) is 16.1 Å². The lowest BCUT2D eigenvalue weighted by Crippen LogP contribution is -2.27. The maximum atomic E-state index is 11.5. The number of carbonyl (C=O) groups is 1. The molecule has 0 bridgehead atoms. The molecule has 5 heteroatoms. The molecule has 0 atom stereocenters. The van der Waals surface area contributed by atoms with Crippen LogP contribution in [0, 0.1) is 6.92 Å². The van der Waals surface area contributed by atoms with Gasteiger partial charge in [0.15, 0.2) is 0 Å². The largest absolute Gasteiger partial charge is 0.423 e. The van der Waals surface area contributed by atoms with Crippen LogP contribution in [0.5, 0.6) is 0 Å². The van der Waals surface area contributed by atoms with Crippen LogP contribution in [-0.4, -0.2) is 19.6 Å². The van der Waals surface area contributed by atoms with Crippen molar-refractivity contribution in [3.63, 3.8) is 0 Å². The number of nitrogens with one attached hydrogen (secondary N) is 1. The standard InChI is InChI=1S/C14H15NO4/c1-9-3-4-12-11(5-9)10(6-14(17)19-12)7-15-13(16)8-18-2/h3-6H,7-8H2,1-2H3,(H,15,16). The fraction of sp³-hybridized carbons (Fsp3) is 0.286. The Hall–Kier alpha value is -2.14. The zero-order valence-electron chi connectivity index (χ0n) is 10.9. The molecule has 0 fully saturated rings. The van der Waals surface area contributed by atoms with E-state index in [2.05, 4.69) is 5.32 Å². The van der Waals surface area contributed by atoms with Crippen LogP contribution in [0.3, 0.4) is 0 Å². The molecule has 1 aromatic carbocycles. The van der Waals surface area contributed by atoms with Crippen molar-refractivity contribution in [2.24, 2.45) is 0 Å². The molecule has 1 N–H and O–H groups in total. The SMILES string of the molecule is COCC(=O)NCc1cc(=O)oc2ccc(C)cc12. The second-order valence-electron chi connectivity index (χ2n) is 4.30. The number of rotatable bonds is 4. The Morgan fingerprint density at radius 1 is 1.37 bits per heavy atom. The van der Waals surface area contributed by atoms with Crippen LogP contribution < -0.4 is 10.9 Å². The third-order valence-corrected chi connectivity index (χ3v) is 2.74. The predicted molar refractivity (Wildman–Crippen MR) is 70.9 cm³/mol. The van der Waals surface area contributed by atoms with E-state index in [1.165, 1.54) is 13.2 Å². The fourth-order valence-electron chi connectivity index (χ4n) is 1.86. The molecule has 5 nitrogen and oxygen atoms in total.